The van der Waals surface area contributed by atoms with Crippen molar-refractivity contribution in [2.75, 3.05) is 50.4 Å². The van der Waals surface area contributed by atoms with Crippen LogP contribution in [0, 0.1) is 0 Å². The molecule has 2 aliphatic rings. The molecule has 178 valence electrons. The van der Waals surface area contributed by atoms with Crippen molar-refractivity contribution in [3.63, 3.8) is 0 Å². The van der Waals surface area contributed by atoms with Gasteiger partial charge in [-0.25, -0.2) is 20.0 Å². The Hall–Kier alpha value is -3.38. The van der Waals surface area contributed by atoms with Crippen LogP contribution >= 0.6 is 11.6 Å². The average molecular weight is 485 g/mol. The maximum Gasteiger partial charge on any atom is 0.215 e. The Labute approximate surface area is 201 Å². The number of rotatable bonds is 5. The lowest BCUT2D eigenvalue weighted by atomic mass is 10.1. The molecule has 0 radical (unpaired) electrons. The molecule has 2 aromatic carbocycles. The van der Waals surface area contributed by atoms with Gasteiger partial charge in [-0.05, 0) is 18.2 Å². The normalized spacial score (nSPS) is 20.5. The molecule has 0 bridgehead atoms. The van der Waals surface area contributed by atoms with E-state index in [-0.39, 0.29) is 5.96 Å². The molecule has 5 N–H and O–H groups in total. The lowest BCUT2D eigenvalue weighted by Crippen LogP contribution is -2.53. The SMILES string of the molecule is COc1cc2ncnc(N3NC(N)(c4ccc(N5CCOCC5)c(Cl)c4)N=C3N)c2cc1OC. The molecule has 0 amide bonds. The van der Waals surface area contributed by atoms with Gasteiger partial charge in [-0.1, -0.05) is 17.7 Å². The highest BCUT2D eigenvalue weighted by Crippen LogP contribution is 2.37. The quantitative estimate of drug-likeness (QED) is 0.489. The molecule has 0 spiro atoms. The maximum atomic E-state index is 6.64. The number of guanidine groups is 1. The Morgan fingerprint density at radius 3 is 2.53 bits per heavy atom. The van der Waals surface area contributed by atoms with Gasteiger partial charge in [0.25, 0.3) is 0 Å². The number of nitrogens with two attached hydrogens (primary N) is 2. The van der Waals surface area contributed by atoms with Crippen LogP contribution < -0.4 is 36.3 Å². The minimum Gasteiger partial charge on any atom is -0.493 e. The van der Waals surface area contributed by atoms with Crippen LogP contribution in [0.1, 0.15) is 5.56 Å². The summed E-state index contributed by atoms with van der Waals surface area (Å²) < 4.78 is 16.3. The Balaban J connectivity index is 1.48. The number of benzene rings is 2. The zero-order chi connectivity index (χ0) is 23.9. The largest absolute Gasteiger partial charge is 0.493 e. The molecule has 1 atom stereocenters. The summed E-state index contributed by atoms with van der Waals surface area (Å²) >= 11 is 6.63. The Morgan fingerprint density at radius 1 is 1.09 bits per heavy atom. The van der Waals surface area contributed by atoms with Crippen LogP contribution in [0.3, 0.4) is 0 Å². The number of nitrogens with zero attached hydrogens (tertiary/aromatic N) is 5. The molecule has 0 saturated carbocycles. The van der Waals surface area contributed by atoms with Gasteiger partial charge in [0, 0.05) is 30.1 Å². The van der Waals surface area contributed by atoms with E-state index in [1.54, 1.807) is 32.4 Å². The molecule has 12 heteroatoms. The van der Waals surface area contributed by atoms with E-state index >= 15 is 0 Å². The van der Waals surface area contributed by atoms with Crippen LogP contribution in [-0.2, 0) is 10.5 Å². The van der Waals surface area contributed by atoms with Gasteiger partial charge in [-0.3, -0.25) is 5.73 Å². The third-order valence-corrected chi connectivity index (χ3v) is 6.18. The highest BCUT2D eigenvalue weighted by molar-refractivity contribution is 6.33. The first-order valence-electron chi connectivity index (χ1n) is 10.6. The Morgan fingerprint density at radius 2 is 1.82 bits per heavy atom. The van der Waals surface area contributed by atoms with E-state index in [1.165, 1.54) is 11.3 Å². The number of morpholine rings is 1. The molecular formula is C22H25ClN8O3. The van der Waals surface area contributed by atoms with Gasteiger partial charge in [0.15, 0.2) is 17.3 Å². The Kier molecular flexibility index (Phi) is 5.78. The van der Waals surface area contributed by atoms with E-state index in [1.807, 2.05) is 12.1 Å². The topological polar surface area (TPSA) is 136 Å². The lowest BCUT2D eigenvalue weighted by molar-refractivity contribution is 0.122. The van der Waals surface area contributed by atoms with Gasteiger partial charge < -0.3 is 24.8 Å². The van der Waals surface area contributed by atoms with Crippen molar-refractivity contribution in [2.45, 2.75) is 5.79 Å². The summed E-state index contributed by atoms with van der Waals surface area (Å²) in [6.45, 7) is 2.89. The number of ether oxygens (including phenoxy) is 3. The van der Waals surface area contributed by atoms with E-state index in [2.05, 4.69) is 25.3 Å². The standard InChI is InChI=1S/C22H25ClN8O3/c1-32-18-10-14-16(11-19(18)33-2)26-12-27-20(14)31-21(24)28-22(25,29-31)13-3-4-17(15(23)9-13)30-5-7-34-8-6-30/h3-4,9-12,29H,5-8,25H2,1-2H3,(H2,24,28). The van der Waals surface area contributed by atoms with Crippen LogP contribution in [-0.4, -0.2) is 56.5 Å². The summed E-state index contributed by atoms with van der Waals surface area (Å²) in [7, 11) is 3.13. The van der Waals surface area contributed by atoms with Crippen LogP contribution in [0.4, 0.5) is 11.5 Å². The van der Waals surface area contributed by atoms with Gasteiger partial charge in [0.2, 0.25) is 11.7 Å². The van der Waals surface area contributed by atoms with Gasteiger partial charge in [0.1, 0.15) is 6.33 Å². The van der Waals surface area contributed by atoms with Crippen molar-refractivity contribution in [2.24, 2.45) is 16.5 Å². The monoisotopic (exact) mass is 484 g/mol. The van der Waals surface area contributed by atoms with Gasteiger partial charge in [-0.2, -0.15) is 5.43 Å². The van der Waals surface area contributed by atoms with E-state index in [0.29, 0.717) is 52.0 Å². The van der Waals surface area contributed by atoms with Crippen molar-refractivity contribution in [1.29, 1.82) is 0 Å². The fraction of sp³-hybridized carbons (Fsp3) is 0.318. The van der Waals surface area contributed by atoms with E-state index < -0.39 is 5.79 Å². The number of hydrazine groups is 1. The second-order valence-corrected chi connectivity index (χ2v) is 8.28. The van der Waals surface area contributed by atoms with Gasteiger partial charge in [0.05, 0.1) is 43.7 Å². The van der Waals surface area contributed by atoms with Crippen LogP contribution in [0.15, 0.2) is 41.7 Å². The number of hydrogen-bond acceptors (Lipinski definition) is 11. The molecule has 0 aliphatic carbocycles. The van der Waals surface area contributed by atoms with Crippen molar-refractivity contribution < 1.29 is 14.2 Å². The maximum absolute atomic E-state index is 6.64. The number of halogens is 1. The second kappa shape index (κ2) is 8.76. The van der Waals surface area contributed by atoms with E-state index in [0.717, 1.165) is 18.8 Å². The van der Waals surface area contributed by atoms with E-state index in [9.17, 15) is 0 Å². The first-order chi connectivity index (χ1) is 16.4. The summed E-state index contributed by atoms with van der Waals surface area (Å²) in [6.07, 6.45) is 1.43. The minimum atomic E-state index is -1.34. The number of aromatic nitrogens is 2. The smallest absolute Gasteiger partial charge is 0.215 e. The molecular weight excluding hydrogens is 460 g/mol. The number of aliphatic imine (C=N–C) groups is 1. The molecule has 1 unspecified atom stereocenters. The van der Waals surface area contributed by atoms with Crippen molar-refractivity contribution in [3.05, 3.63) is 47.2 Å². The number of methoxy groups -OCH3 is 2. The predicted molar refractivity (Wildman–Crippen MR) is 130 cm³/mol. The van der Waals surface area contributed by atoms with E-state index in [4.69, 9.17) is 37.3 Å². The summed E-state index contributed by atoms with van der Waals surface area (Å²) in [5, 5.41) is 2.78. The number of hydrogen-bond donors (Lipinski definition) is 3. The summed E-state index contributed by atoms with van der Waals surface area (Å²) in [4.78, 5) is 15.4. The number of nitrogens with one attached hydrogen (secondary N) is 1. The molecule has 11 nitrogen and oxygen atoms in total. The highest BCUT2D eigenvalue weighted by Gasteiger charge is 2.38. The highest BCUT2D eigenvalue weighted by atomic mass is 35.5. The molecule has 3 heterocycles. The molecule has 2 aliphatic heterocycles. The van der Waals surface area contributed by atoms with Crippen LogP contribution in [0.5, 0.6) is 11.5 Å². The van der Waals surface area contributed by atoms with Crippen LogP contribution in [0.2, 0.25) is 5.02 Å². The van der Waals surface area contributed by atoms with Gasteiger partial charge in [-0.15, -0.1) is 0 Å². The summed E-state index contributed by atoms with van der Waals surface area (Å²) in [6, 6.07) is 9.16. The Bertz CT molecular complexity index is 1270. The van der Waals surface area contributed by atoms with Crippen molar-refractivity contribution >= 4 is 40.0 Å². The fourth-order valence-corrected chi connectivity index (χ4v) is 4.43. The summed E-state index contributed by atoms with van der Waals surface area (Å²) in [5.74, 6) is 0.357. The average Bonchev–Trinajstić information content (AvgIpc) is 3.18. The third-order valence-electron chi connectivity index (χ3n) is 5.87. The first-order valence-corrected chi connectivity index (χ1v) is 11.0. The molecule has 1 saturated heterocycles. The molecule has 1 aromatic heterocycles. The molecule has 3 aromatic rings. The van der Waals surface area contributed by atoms with Gasteiger partial charge >= 0.3 is 0 Å². The second-order valence-electron chi connectivity index (χ2n) is 7.87. The van der Waals surface area contributed by atoms with Crippen LogP contribution in [0.25, 0.3) is 10.9 Å². The number of anilines is 2. The number of fused-ring (bicyclic) bond motifs is 1. The lowest BCUT2D eigenvalue weighted by Gasteiger charge is -2.31. The minimum absolute atomic E-state index is 0.144. The molecule has 34 heavy (non-hydrogen) atoms. The zero-order valence-electron chi connectivity index (χ0n) is 18.8. The summed E-state index contributed by atoms with van der Waals surface area (Å²) in [5.41, 5.74) is 18.3. The molecule has 1 fully saturated rings. The molecule has 5 rings (SSSR count). The predicted octanol–water partition coefficient (Wildman–Crippen LogP) is 1.55. The first kappa shape index (κ1) is 22.4. The third kappa shape index (κ3) is 3.82. The van der Waals surface area contributed by atoms with Crippen molar-refractivity contribution in [1.82, 2.24) is 15.4 Å². The van der Waals surface area contributed by atoms with Crippen molar-refractivity contribution in [3.8, 4) is 11.5 Å². The zero-order valence-corrected chi connectivity index (χ0v) is 19.5. The fourth-order valence-electron chi connectivity index (χ4n) is 4.13.